The number of carbonyl (C=O) groups is 3. The highest BCUT2D eigenvalue weighted by Crippen LogP contribution is 2.26. The van der Waals surface area contributed by atoms with Crippen LogP contribution in [0.2, 0.25) is 0 Å². The molecule has 2 unspecified atom stereocenters. The average Bonchev–Trinajstić information content (AvgIpc) is 2.53. The van der Waals surface area contributed by atoms with Crippen LogP contribution in [0.5, 0.6) is 0 Å². The molecule has 108 valence electrons. The lowest BCUT2D eigenvalue weighted by Crippen LogP contribution is -2.41. The lowest BCUT2D eigenvalue weighted by atomic mass is 10.1. The van der Waals surface area contributed by atoms with Crippen LogP contribution in [0.15, 0.2) is 0 Å². The van der Waals surface area contributed by atoms with Crippen molar-refractivity contribution in [2.75, 3.05) is 6.61 Å². The molecule has 1 rings (SSSR count). The van der Waals surface area contributed by atoms with E-state index in [1.807, 2.05) is 0 Å². The van der Waals surface area contributed by atoms with Gasteiger partial charge in [0, 0.05) is 20.8 Å². The fourth-order valence-corrected chi connectivity index (χ4v) is 1.69. The highest BCUT2D eigenvalue weighted by Gasteiger charge is 2.48. The maximum absolute atomic E-state index is 11.0. The van der Waals surface area contributed by atoms with Crippen LogP contribution in [0.4, 0.5) is 0 Å². The summed E-state index contributed by atoms with van der Waals surface area (Å²) in [5, 5.41) is 9.63. The normalized spacial score (nSPS) is 29.7. The molecular formula is C11H16O8. The minimum Gasteiger partial charge on any atom is -0.463 e. The van der Waals surface area contributed by atoms with Crippen LogP contribution in [0.1, 0.15) is 20.8 Å². The Balaban J connectivity index is 2.76. The molecule has 0 bridgehead atoms. The molecule has 0 aromatic heterocycles. The van der Waals surface area contributed by atoms with Crippen LogP contribution in [0, 0.1) is 0 Å². The van der Waals surface area contributed by atoms with Gasteiger partial charge in [-0.05, 0) is 0 Å². The van der Waals surface area contributed by atoms with E-state index >= 15 is 0 Å². The molecule has 1 aliphatic rings. The number of rotatable bonds is 4. The monoisotopic (exact) mass is 276 g/mol. The zero-order chi connectivity index (χ0) is 14.6. The molecule has 0 amide bonds. The van der Waals surface area contributed by atoms with Crippen LogP contribution in [0.3, 0.4) is 0 Å². The van der Waals surface area contributed by atoms with Crippen molar-refractivity contribution in [2.45, 2.75) is 45.4 Å². The minimum atomic E-state index is -1.45. The lowest BCUT2D eigenvalue weighted by molar-refractivity contribution is -0.174. The highest BCUT2D eigenvalue weighted by molar-refractivity contribution is 5.67. The summed E-state index contributed by atoms with van der Waals surface area (Å²) in [7, 11) is 0. The van der Waals surface area contributed by atoms with Crippen molar-refractivity contribution in [3.63, 3.8) is 0 Å². The Morgan fingerprint density at radius 2 is 1.53 bits per heavy atom. The van der Waals surface area contributed by atoms with E-state index in [1.165, 1.54) is 13.8 Å². The zero-order valence-electron chi connectivity index (χ0n) is 10.8. The van der Waals surface area contributed by atoms with E-state index in [4.69, 9.17) is 18.9 Å². The first-order valence-corrected chi connectivity index (χ1v) is 5.62. The maximum atomic E-state index is 11.0. The number of carbonyl (C=O) groups excluding carboxylic acids is 3. The molecule has 1 N–H and O–H groups in total. The molecule has 0 spiro atoms. The Labute approximate surface area is 109 Å². The van der Waals surface area contributed by atoms with Crippen LogP contribution >= 0.6 is 0 Å². The molecule has 1 saturated heterocycles. The third-order valence-electron chi connectivity index (χ3n) is 2.34. The van der Waals surface area contributed by atoms with E-state index in [2.05, 4.69) is 0 Å². The zero-order valence-corrected chi connectivity index (χ0v) is 10.8. The molecular weight excluding hydrogens is 260 g/mol. The number of hydrogen-bond acceptors (Lipinski definition) is 8. The summed E-state index contributed by atoms with van der Waals surface area (Å²) in [5.41, 5.74) is 0. The van der Waals surface area contributed by atoms with Gasteiger partial charge in [0.1, 0.15) is 12.7 Å². The van der Waals surface area contributed by atoms with E-state index in [0.717, 1.165) is 6.92 Å². The van der Waals surface area contributed by atoms with Gasteiger partial charge < -0.3 is 24.1 Å². The van der Waals surface area contributed by atoms with Gasteiger partial charge in [-0.15, -0.1) is 0 Å². The molecule has 8 nitrogen and oxygen atoms in total. The summed E-state index contributed by atoms with van der Waals surface area (Å²) in [4.78, 5) is 32.7. The Hall–Kier alpha value is -1.67. The molecule has 0 aromatic carbocycles. The third kappa shape index (κ3) is 4.49. The van der Waals surface area contributed by atoms with Crippen molar-refractivity contribution in [1.29, 1.82) is 0 Å². The van der Waals surface area contributed by atoms with Crippen LogP contribution < -0.4 is 0 Å². The molecule has 8 heteroatoms. The second-order valence-electron chi connectivity index (χ2n) is 4.02. The summed E-state index contributed by atoms with van der Waals surface area (Å²) < 4.78 is 19.6. The largest absolute Gasteiger partial charge is 0.463 e. The Kier molecular flexibility index (Phi) is 5.25. The quantitative estimate of drug-likeness (QED) is 0.521. The van der Waals surface area contributed by atoms with E-state index in [1.54, 1.807) is 0 Å². The van der Waals surface area contributed by atoms with Crippen molar-refractivity contribution < 1.29 is 38.4 Å². The van der Waals surface area contributed by atoms with E-state index in [-0.39, 0.29) is 6.61 Å². The van der Waals surface area contributed by atoms with Crippen molar-refractivity contribution in [1.82, 2.24) is 0 Å². The fourth-order valence-electron chi connectivity index (χ4n) is 1.69. The number of hydrogen-bond donors (Lipinski definition) is 1. The highest BCUT2D eigenvalue weighted by atomic mass is 16.7. The van der Waals surface area contributed by atoms with Gasteiger partial charge in [-0.3, -0.25) is 14.4 Å². The van der Waals surface area contributed by atoms with Crippen molar-refractivity contribution in [2.24, 2.45) is 0 Å². The van der Waals surface area contributed by atoms with Gasteiger partial charge in [-0.25, -0.2) is 0 Å². The summed E-state index contributed by atoms with van der Waals surface area (Å²) in [6, 6.07) is 0. The number of ether oxygens (including phenoxy) is 4. The van der Waals surface area contributed by atoms with Crippen molar-refractivity contribution >= 4 is 17.9 Å². The smallest absolute Gasteiger partial charge is 0.303 e. The Morgan fingerprint density at radius 3 is 2.00 bits per heavy atom. The maximum Gasteiger partial charge on any atom is 0.303 e. The van der Waals surface area contributed by atoms with Gasteiger partial charge in [-0.1, -0.05) is 0 Å². The topological polar surface area (TPSA) is 108 Å². The van der Waals surface area contributed by atoms with Gasteiger partial charge in [0.25, 0.3) is 0 Å². The van der Waals surface area contributed by atoms with Gasteiger partial charge in [0.2, 0.25) is 0 Å². The van der Waals surface area contributed by atoms with Gasteiger partial charge in [-0.2, -0.15) is 0 Å². The van der Waals surface area contributed by atoms with E-state index < -0.39 is 42.5 Å². The molecule has 0 saturated carbocycles. The molecule has 0 radical (unpaired) electrons. The minimum absolute atomic E-state index is 0.220. The number of esters is 3. The predicted molar refractivity (Wildman–Crippen MR) is 58.6 cm³/mol. The molecule has 19 heavy (non-hydrogen) atoms. The third-order valence-corrected chi connectivity index (χ3v) is 2.34. The standard InChI is InChI=1S/C11H16O8/c1-5(12)16-4-8-9(17-6(2)13)10(11(15)19-8)18-7(3)14/h8-11,15H,4H2,1-3H3/t8-,9+,10?,11?/m0/s1. The average molecular weight is 276 g/mol. The number of aliphatic hydroxyl groups excluding tert-OH is 1. The van der Waals surface area contributed by atoms with Gasteiger partial charge >= 0.3 is 17.9 Å². The first-order chi connectivity index (χ1) is 8.81. The molecule has 4 atom stereocenters. The van der Waals surface area contributed by atoms with E-state index in [0.29, 0.717) is 0 Å². The molecule has 1 fully saturated rings. The van der Waals surface area contributed by atoms with Crippen molar-refractivity contribution in [3.05, 3.63) is 0 Å². The second-order valence-corrected chi connectivity index (χ2v) is 4.02. The second kappa shape index (κ2) is 6.48. The van der Waals surface area contributed by atoms with Crippen LogP contribution in [0.25, 0.3) is 0 Å². The summed E-state index contributed by atoms with van der Waals surface area (Å²) in [6.07, 6.45) is -4.53. The molecule has 1 heterocycles. The summed E-state index contributed by atoms with van der Waals surface area (Å²) >= 11 is 0. The van der Waals surface area contributed by atoms with Gasteiger partial charge in [0.15, 0.2) is 18.5 Å². The van der Waals surface area contributed by atoms with Crippen molar-refractivity contribution in [3.8, 4) is 0 Å². The lowest BCUT2D eigenvalue weighted by Gasteiger charge is -2.21. The first-order valence-electron chi connectivity index (χ1n) is 5.62. The Bertz CT molecular complexity index is 366. The van der Waals surface area contributed by atoms with E-state index in [9.17, 15) is 19.5 Å². The first kappa shape index (κ1) is 15.4. The van der Waals surface area contributed by atoms with Crippen LogP contribution in [-0.4, -0.2) is 54.2 Å². The summed E-state index contributed by atoms with van der Waals surface area (Å²) in [5.74, 6) is -1.83. The number of aliphatic hydroxyl groups is 1. The van der Waals surface area contributed by atoms with Gasteiger partial charge in [0.05, 0.1) is 0 Å². The molecule has 1 aliphatic heterocycles. The predicted octanol–water partition coefficient (Wildman–Crippen LogP) is -0.870. The van der Waals surface area contributed by atoms with Crippen LogP contribution in [-0.2, 0) is 33.3 Å². The SMILES string of the molecule is CC(=O)OC[C@@H]1OC(O)C(OC(C)=O)[C@@H]1OC(C)=O. The fraction of sp³-hybridized carbons (Fsp3) is 0.727. The molecule has 0 aliphatic carbocycles. The molecule has 0 aromatic rings. The summed E-state index contributed by atoms with van der Waals surface area (Å²) in [6.45, 7) is 3.30. The Morgan fingerprint density at radius 1 is 1.00 bits per heavy atom.